The number of nitrogens with zero attached hydrogens (tertiary/aromatic N) is 1. The Morgan fingerprint density at radius 1 is 1.03 bits per heavy atom. The third kappa shape index (κ3) is 4.77. The van der Waals surface area contributed by atoms with E-state index in [0.717, 1.165) is 12.2 Å². The van der Waals surface area contributed by atoms with E-state index in [1.165, 1.54) is 37.1 Å². The Morgan fingerprint density at radius 2 is 1.76 bits per heavy atom. The van der Waals surface area contributed by atoms with Crippen LogP contribution in [-0.2, 0) is 22.7 Å². The molecule has 6 nitrogen and oxygen atoms in total. The molecule has 0 spiro atoms. The maximum atomic E-state index is 12.4. The van der Waals surface area contributed by atoms with Gasteiger partial charge in [-0.1, -0.05) is 36.4 Å². The topological polar surface area (TPSA) is 63.1 Å². The molecule has 2 aromatic carbocycles. The lowest BCUT2D eigenvalue weighted by molar-refractivity contribution is -0.901. The van der Waals surface area contributed by atoms with Crippen LogP contribution in [0.5, 0.6) is 5.75 Å². The third-order valence-corrected chi connectivity index (χ3v) is 5.72. The van der Waals surface area contributed by atoms with Crippen LogP contribution in [0.3, 0.4) is 0 Å². The first-order valence-corrected chi connectivity index (χ1v) is 10.4. The number of para-hydroxylation sites is 2. The number of quaternary nitrogens is 1. The Kier molecular flexibility index (Phi) is 6.10. The number of hydrogen-bond acceptors (Lipinski definition) is 3. The van der Waals surface area contributed by atoms with Crippen molar-refractivity contribution in [2.75, 3.05) is 31.1 Å². The SMILES string of the molecule is O=C(CCN1C(=O)COc2ccccc21)NCc1ccccc1C[NH+]1CCCC1. The minimum Gasteiger partial charge on any atom is -0.482 e. The Morgan fingerprint density at radius 3 is 2.59 bits per heavy atom. The molecule has 2 aliphatic rings. The summed E-state index contributed by atoms with van der Waals surface area (Å²) in [6, 6.07) is 15.8. The van der Waals surface area contributed by atoms with Crippen LogP contribution in [-0.4, -0.2) is 38.1 Å². The van der Waals surface area contributed by atoms with Crippen molar-refractivity contribution < 1.29 is 19.2 Å². The number of carbonyl (C=O) groups is 2. The van der Waals surface area contributed by atoms with Gasteiger partial charge in [0.15, 0.2) is 6.61 Å². The van der Waals surface area contributed by atoms with Gasteiger partial charge < -0.3 is 19.9 Å². The number of amides is 2. The second-order valence-electron chi connectivity index (χ2n) is 7.73. The van der Waals surface area contributed by atoms with Gasteiger partial charge in [-0.2, -0.15) is 0 Å². The van der Waals surface area contributed by atoms with Crippen molar-refractivity contribution in [2.24, 2.45) is 0 Å². The molecule has 6 heteroatoms. The highest BCUT2D eigenvalue weighted by atomic mass is 16.5. The van der Waals surface area contributed by atoms with Crippen LogP contribution in [0.2, 0.25) is 0 Å². The molecule has 2 aliphatic heterocycles. The van der Waals surface area contributed by atoms with Crippen LogP contribution < -0.4 is 19.9 Å². The molecule has 0 radical (unpaired) electrons. The Hall–Kier alpha value is -2.86. The zero-order valence-electron chi connectivity index (χ0n) is 16.7. The number of ether oxygens (including phenoxy) is 1. The fourth-order valence-electron chi connectivity index (χ4n) is 4.12. The Balaban J connectivity index is 1.31. The quantitative estimate of drug-likeness (QED) is 0.744. The summed E-state index contributed by atoms with van der Waals surface area (Å²) in [5, 5.41) is 3.03. The lowest BCUT2D eigenvalue weighted by Gasteiger charge is -2.29. The first kappa shape index (κ1) is 19.5. The van der Waals surface area contributed by atoms with E-state index in [2.05, 4.69) is 23.5 Å². The van der Waals surface area contributed by atoms with Gasteiger partial charge in [0.1, 0.15) is 12.3 Å². The number of nitrogens with one attached hydrogen (secondary N) is 2. The molecule has 0 saturated carbocycles. The molecular weight excluding hydrogens is 366 g/mol. The molecule has 29 heavy (non-hydrogen) atoms. The highest BCUT2D eigenvalue weighted by molar-refractivity contribution is 5.98. The number of anilines is 1. The number of carbonyl (C=O) groups excluding carboxylic acids is 2. The molecule has 1 fully saturated rings. The first-order valence-electron chi connectivity index (χ1n) is 10.4. The van der Waals surface area contributed by atoms with E-state index in [1.807, 2.05) is 30.3 Å². The predicted octanol–water partition coefficient (Wildman–Crippen LogP) is 1.30. The number of hydrogen-bond donors (Lipinski definition) is 2. The maximum Gasteiger partial charge on any atom is 0.265 e. The Labute approximate surface area is 171 Å². The number of likely N-dealkylation sites (tertiary alicyclic amines) is 1. The largest absolute Gasteiger partial charge is 0.482 e. The van der Waals surface area contributed by atoms with E-state index in [4.69, 9.17) is 4.74 Å². The smallest absolute Gasteiger partial charge is 0.265 e. The fourth-order valence-corrected chi connectivity index (χ4v) is 4.12. The summed E-state index contributed by atoms with van der Waals surface area (Å²) in [4.78, 5) is 27.9. The molecule has 2 aromatic rings. The van der Waals surface area contributed by atoms with E-state index in [1.54, 1.807) is 9.80 Å². The lowest BCUT2D eigenvalue weighted by atomic mass is 10.1. The van der Waals surface area contributed by atoms with Gasteiger partial charge in [0.05, 0.1) is 18.8 Å². The first-order chi connectivity index (χ1) is 14.2. The molecule has 0 aromatic heterocycles. The van der Waals surface area contributed by atoms with Crippen molar-refractivity contribution in [3.8, 4) is 5.75 Å². The summed E-state index contributed by atoms with van der Waals surface area (Å²) >= 11 is 0. The molecule has 0 aliphatic carbocycles. The summed E-state index contributed by atoms with van der Waals surface area (Å²) in [5.41, 5.74) is 3.21. The molecule has 0 bridgehead atoms. The van der Waals surface area contributed by atoms with E-state index < -0.39 is 0 Å². The second kappa shape index (κ2) is 9.09. The van der Waals surface area contributed by atoms with Gasteiger partial charge in [-0.25, -0.2) is 0 Å². The monoisotopic (exact) mass is 394 g/mol. The van der Waals surface area contributed by atoms with Crippen molar-refractivity contribution >= 4 is 17.5 Å². The van der Waals surface area contributed by atoms with Gasteiger partial charge in [-0.05, 0) is 17.7 Å². The van der Waals surface area contributed by atoms with Crippen molar-refractivity contribution in [1.29, 1.82) is 0 Å². The van der Waals surface area contributed by atoms with Crippen molar-refractivity contribution in [1.82, 2.24) is 5.32 Å². The zero-order valence-corrected chi connectivity index (χ0v) is 16.7. The van der Waals surface area contributed by atoms with Crippen LogP contribution >= 0.6 is 0 Å². The van der Waals surface area contributed by atoms with Gasteiger partial charge >= 0.3 is 0 Å². The van der Waals surface area contributed by atoms with Crippen LogP contribution in [0, 0.1) is 0 Å². The maximum absolute atomic E-state index is 12.4. The highest BCUT2D eigenvalue weighted by Gasteiger charge is 2.25. The summed E-state index contributed by atoms with van der Waals surface area (Å²) in [6.07, 6.45) is 2.87. The highest BCUT2D eigenvalue weighted by Crippen LogP contribution is 2.31. The third-order valence-electron chi connectivity index (χ3n) is 5.72. The van der Waals surface area contributed by atoms with E-state index in [0.29, 0.717) is 18.8 Å². The summed E-state index contributed by atoms with van der Waals surface area (Å²) < 4.78 is 5.45. The molecule has 0 unspecified atom stereocenters. The molecule has 4 rings (SSSR count). The number of fused-ring (bicyclic) bond motifs is 1. The van der Waals surface area contributed by atoms with Crippen molar-refractivity contribution in [3.63, 3.8) is 0 Å². The van der Waals surface area contributed by atoms with Gasteiger partial charge in [-0.3, -0.25) is 9.59 Å². The zero-order chi connectivity index (χ0) is 20.1. The fraction of sp³-hybridized carbons (Fsp3) is 0.391. The van der Waals surface area contributed by atoms with Crippen LogP contribution in [0.15, 0.2) is 48.5 Å². The minimum absolute atomic E-state index is 0.0187. The lowest BCUT2D eigenvalue weighted by Crippen LogP contribution is -3.08. The second-order valence-corrected chi connectivity index (χ2v) is 7.73. The number of benzene rings is 2. The van der Waals surface area contributed by atoms with Crippen LogP contribution in [0.1, 0.15) is 30.4 Å². The molecular formula is C23H28N3O3+. The normalized spacial score (nSPS) is 16.4. The van der Waals surface area contributed by atoms with Gasteiger partial charge in [-0.15, -0.1) is 0 Å². The number of rotatable bonds is 7. The van der Waals surface area contributed by atoms with Gasteiger partial charge in [0.25, 0.3) is 5.91 Å². The average molecular weight is 394 g/mol. The molecule has 0 atom stereocenters. The molecule has 2 amide bonds. The summed E-state index contributed by atoms with van der Waals surface area (Å²) in [6.45, 7) is 4.38. The molecule has 152 valence electrons. The van der Waals surface area contributed by atoms with Crippen LogP contribution in [0.25, 0.3) is 0 Å². The average Bonchev–Trinajstić information content (AvgIpc) is 3.25. The minimum atomic E-state index is -0.115. The standard InChI is InChI=1S/C23H27N3O3/c27-22(11-14-26-20-9-3-4-10-21(20)29-17-23(26)28)24-15-18-7-1-2-8-19(18)16-25-12-5-6-13-25/h1-4,7-10H,5-6,11-17H2,(H,24,27)/p+1. The molecule has 2 heterocycles. The molecule has 1 saturated heterocycles. The van der Waals surface area contributed by atoms with Crippen molar-refractivity contribution in [2.45, 2.75) is 32.4 Å². The van der Waals surface area contributed by atoms with E-state index in [-0.39, 0.29) is 24.8 Å². The molecule has 2 N–H and O–H groups in total. The van der Waals surface area contributed by atoms with Gasteiger partial charge in [0, 0.05) is 37.9 Å². The summed E-state index contributed by atoms with van der Waals surface area (Å²) in [7, 11) is 0. The van der Waals surface area contributed by atoms with Gasteiger partial charge in [0.2, 0.25) is 5.91 Å². The van der Waals surface area contributed by atoms with Crippen molar-refractivity contribution in [3.05, 3.63) is 59.7 Å². The Bertz CT molecular complexity index is 877. The predicted molar refractivity (Wildman–Crippen MR) is 111 cm³/mol. The summed E-state index contributed by atoms with van der Waals surface area (Å²) in [5.74, 6) is 0.520. The van der Waals surface area contributed by atoms with E-state index in [9.17, 15) is 9.59 Å². The van der Waals surface area contributed by atoms with E-state index >= 15 is 0 Å². The van der Waals surface area contributed by atoms with Crippen LogP contribution in [0.4, 0.5) is 5.69 Å².